The summed E-state index contributed by atoms with van der Waals surface area (Å²) in [5.74, 6) is 0.638. The Morgan fingerprint density at radius 2 is 1.90 bits per heavy atom. The Labute approximate surface area is 119 Å². The molecule has 0 aromatic heterocycles. The minimum atomic E-state index is -0.675. The molecule has 106 valence electrons. The average Bonchev–Trinajstić information content (AvgIpc) is 2.81. The van der Waals surface area contributed by atoms with Gasteiger partial charge < -0.3 is 9.47 Å². The van der Waals surface area contributed by atoms with E-state index in [1.807, 2.05) is 31.2 Å². The van der Waals surface area contributed by atoms with Gasteiger partial charge in [-0.05, 0) is 37.8 Å². The van der Waals surface area contributed by atoms with Crippen molar-refractivity contribution in [2.75, 3.05) is 7.11 Å². The van der Waals surface area contributed by atoms with Crippen LogP contribution in [-0.4, -0.2) is 13.1 Å². The molecule has 1 aromatic rings. The standard InChI is InChI=1S/C17H20O3/c1-13-12-16(15(18)19-2)10-6-7-11-17(16,20-13)14-8-4-3-5-9-14/h3-5,8-9,12H,6-7,10-11H2,1-2H3/t16-,17+/m1/s1. The smallest absolute Gasteiger partial charge is 0.320 e. The average molecular weight is 272 g/mol. The molecule has 0 bridgehead atoms. The van der Waals surface area contributed by atoms with Crippen LogP contribution in [0.5, 0.6) is 0 Å². The lowest BCUT2D eigenvalue weighted by Gasteiger charge is -2.45. The molecule has 0 radical (unpaired) electrons. The van der Waals surface area contributed by atoms with Crippen molar-refractivity contribution in [2.24, 2.45) is 5.41 Å². The number of rotatable bonds is 2. The third-order valence-electron chi connectivity index (χ3n) is 4.65. The second-order valence-electron chi connectivity index (χ2n) is 5.72. The number of hydrogen-bond acceptors (Lipinski definition) is 3. The number of carbonyl (C=O) groups excluding carboxylic acids is 1. The minimum absolute atomic E-state index is 0.182. The van der Waals surface area contributed by atoms with Crippen LogP contribution in [0.25, 0.3) is 0 Å². The SMILES string of the molecule is COC(=O)[C@@]12C=C(C)O[C@]1(c1ccccc1)CCCC2. The maximum atomic E-state index is 12.5. The van der Waals surface area contributed by atoms with Crippen molar-refractivity contribution in [3.63, 3.8) is 0 Å². The molecule has 2 atom stereocenters. The van der Waals surface area contributed by atoms with Crippen molar-refractivity contribution >= 4 is 5.97 Å². The predicted molar refractivity (Wildman–Crippen MR) is 75.9 cm³/mol. The monoisotopic (exact) mass is 272 g/mol. The first-order valence-corrected chi connectivity index (χ1v) is 7.17. The summed E-state index contributed by atoms with van der Waals surface area (Å²) in [5, 5.41) is 0. The lowest BCUT2D eigenvalue weighted by molar-refractivity contribution is -0.170. The molecule has 2 aliphatic rings. The van der Waals surface area contributed by atoms with E-state index < -0.39 is 11.0 Å². The van der Waals surface area contributed by atoms with Gasteiger partial charge in [0.25, 0.3) is 0 Å². The maximum Gasteiger partial charge on any atom is 0.320 e. The fraction of sp³-hybridized carbons (Fsp3) is 0.471. The summed E-state index contributed by atoms with van der Waals surface area (Å²) in [6, 6.07) is 10.1. The van der Waals surface area contributed by atoms with Crippen LogP contribution in [0.15, 0.2) is 42.2 Å². The van der Waals surface area contributed by atoms with Crippen LogP contribution in [0.1, 0.15) is 38.2 Å². The molecular weight excluding hydrogens is 252 g/mol. The molecule has 0 N–H and O–H groups in total. The molecule has 1 aliphatic heterocycles. The lowest BCUT2D eigenvalue weighted by atomic mass is 9.61. The maximum absolute atomic E-state index is 12.5. The van der Waals surface area contributed by atoms with Gasteiger partial charge in [-0.1, -0.05) is 36.8 Å². The molecule has 0 amide bonds. The Kier molecular flexibility index (Phi) is 3.08. The van der Waals surface area contributed by atoms with Crippen LogP contribution < -0.4 is 0 Å². The predicted octanol–water partition coefficient (Wildman–Crippen LogP) is 3.55. The van der Waals surface area contributed by atoms with Crippen LogP contribution in [0.2, 0.25) is 0 Å². The van der Waals surface area contributed by atoms with Gasteiger partial charge in [0.05, 0.1) is 12.9 Å². The Balaban J connectivity index is 2.18. The topological polar surface area (TPSA) is 35.5 Å². The molecule has 0 spiro atoms. The van der Waals surface area contributed by atoms with Crippen molar-refractivity contribution in [3.8, 4) is 0 Å². The first kappa shape index (κ1) is 13.2. The normalized spacial score (nSPS) is 32.0. The number of hydrogen-bond donors (Lipinski definition) is 0. The third kappa shape index (κ3) is 1.62. The van der Waals surface area contributed by atoms with Gasteiger partial charge in [-0.15, -0.1) is 0 Å². The van der Waals surface area contributed by atoms with Crippen LogP contribution in [0.4, 0.5) is 0 Å². The van der Waals surface area contributed by atoms with E-state index >= 15 is 0 Å². The van der Waals surface area contributed by atoms with E-state index in [0.29, 0.717) is 0 Å². The molecule has 0 saturated heterocycles. The first-order valence-electron chi connectivity index (χ1n) is 7.17. The second-order valence-corrected chi connectivity index (χ2v) is 5.72. The van der Waals surface area contributed by atoms with Gasteiger partial charge in [-0.3, -0.25) is 4.79 Å². The Morgan fingerprint density at radius 3 is 2.60 bits per heavy atom. The quantitative estimate of drug-likeness (QED) is 0.772. The van der Waals surface area contributed by atoms with Gasteiger partial charge in [0.2, 0.25) is 0 Å². The van der Waals surface area contributed by atoms with E-state index in [-0.39, 0.29) is 5.97 Å². The molecule has 1 fully saturated rings. The molecule has 3 heteroatoms. The van der Waals surface area contributed by atoms with Crippen molar-refractivity contribution in [1.29, 1.82) is 0 Å². The summed E-state index contributed by atoms with van der Waals surface area (Å²) in [5.41, 5.74) is -0.201. The summed E-state index contributed by atoms with van der Waals surface area (Å²) < 4.78 is 11.4. The third-order valence-corrected chi connectivity index (χ3v) is 4.65. The van der Waals surface area contributed by atoms with Gasteiger partial charge in [-0.2, -0.15) is 0 Å². The number of methoxy groups -OCH3 is 1. The Bertz CT molecular complexity index is 549. The number of fused-ring (bicyclic) bond motifs is 1. The van der Waals surface area contributed by atoms with Crippen molar-refractivity contribution < 1.29 is 14.3 Å². The van der Waals surface area contributed by atoms with E-state index in [1.165, 1.54) is 7.11 Å². The highest BCUT2D eigenvalue weighted by Gasteiger charge is 2.63. The summed E-state index contributed by atoms with van der Waals surface area (Å²) >= 11 is 0. The van der Waals surface area contributed by atoms with Gasteiger partial charge >= 0.3 is 5.97 Å². The molecule has 3 nitrogen and oxygen atoms in total. The zero-order valence-corrected chi connectivity index (χ0v) is 12.0. The van der Waals surface area contributed by atoms with Crippen LogP contribution >= 0.6 is 0 Å². The van der Waals surface area contributed by atoms with E-state index in [4.69, 9.17) is 9.47 Å². The molecular formula is C17H20O3. The number of allylic oxidation sites excluding steroid dienone is 1. The molecule has 1 saturated carbocycles. The molecule has 0 unspecified atom stereocenters. The highest BCUT2D eigenvalue weighted by Crippen LogP contribution is 2.59. The largest absolute Gasteiger partial charge is 0.486 e. The zero-order valence-electron chi connectivity index (χ0n) is 12.0. The molecule has 1 aromatic carbocycles. The van der Waals surface area contributed by atoms with Gasteiger partial charge in [0.1, 0.15) is 5.41 Å². The van der Waals surface area contributed by atoms with E-state index in [2.05, 4.69) is 12.1 Å². The summed E-state index contributed by atoms with van der Waals surface area (Å²) in [6.07, 6.45) is 5.70. The number of esters is 1. The molecule has 1 aliphatic carbocycles. The van der Waals surface area contributed by atoms with E-state index in [9.17, 15) is 4.79 Å². The second kappa shape index (κ2) is 4.65. The highest BCUT2D eigenvalue weighted by atomic mass is 16.5. The van der Waals surface area contributed by atoms with Gasteiger partial charge in [0.15, 0.2) is 5.60 Å². The minimum Gasteiger partial charge on any atom is -0.486 e. The van der Waals surface area contributed by atoms with E-state index in [1.54, 1.807) is 0 Å². The van der Waals surface area contributed by atoms with E-state index in [0.717, 1.165) is 37.0 Å². The zero-order chi connectivity index (χ0) is 14.2. The number of carbonyl (C=O) groups is 1. The fourth-order valence-corrected chi connectivity index (χ4v) is 3.86. The summed E-state index contributed by atoms with van der Waals surface area (Å²) in [4.78, 5) is 12.5. The van der Waals surface area contributed by atoms with Crippen LogP contribution in [0.3, 0.4) is 0 Å². The fourth-order valence-electron chi connectivity index (χ4n) is 3.86. The molecule has 3 rings (SSSR count). The summed E-state index contributed by atoms with van der Waals surface area (Å²) in [7, 11) is 1.46. The van der Waals surface area contributed by atoms with Crippen molar-refractivity contribution in [2.45, 2.75) is 38.2 Å². The lowest BCUT2D eigenvalue weighted by Crippen LogP contribution is -2.51. The van der Waals surface area contributed by atoms with Crippen molar-refractivity contribution in [3.05, 3.63) is 47.7 Å². The Hall–Kier alpha value is -1.77. The van der Waals surface area contributed by atoms with Crippen LogP contribution in [0, 0.1) is 5.41 Å². The Morgan fingerprint density at radius 1 is 1.20 bits per heavy atom. The number of ether oxygens (including phenoxy) is 2. The molecule has 20 heavy (non-hydrogen) atoms. The van der Waals surface area contributed by atoms with Gasteiger partial charge in [-0.25, -0.2) is 0 Å². The van der Waals surface area contributed by atoms with Gasteiger partial charge in [0, 0.05) is 0 Å². The van der Waals surface area contributed by atoms with Crippen LogP contribution in [-0.2, 0) is 19.9 Å². The highest BCUT2D eigenvalue weighted by molar-refractivity contribution is 5.82. The first-order chi connectivity index (χ1) is 9.64. The molecule has 1 heterocycles. The van der Waals surface area contributed by atoms with Crippen molar-refractivity contribution in [1.82, 2.24) is 0 Å². The summed E-state index contributed by atoms with van der Waals surface area (Å²) in [6.45, 7) is 1.92. The number of benzene rings is 1.